The van der Waals surface area contributed by atoms with Crippen LogP contribution in [-0.4, -0.2) is 61.0 Å². The largest absolute Gasteiger partial charge is 3.00 e. The summed E-state index contributed by atoms with van der Waals surface area (Å²) in [4.78, 5) is 0. The summed E-state index contributed by atoms with van der Waals surface area (Å²) in [5.74, 6) is 0. The number of hydrogen-bond acceptors (Lipinski definition) is 6. The van der Waals surface area contributed by atoms with Crippen LogP contribution in [-0.2, 0) is 40.1 Å². The molecule has 0 atom stereocenters. The molecule has 0 aromatic carbocycles. The summed E-state index contributed by atoms with van der Waals surface area (Å²) < 4.78 is 13.1. The van der Waals surface area contributed by atoms with Crippen molar-refractivity contribution >= 4 is 0 Å². The number of methoxy groups -OCH3 is 3. The molecule has 6 nitrogen and oxygen atoms in total. The van der Waals surface area contributed by atoms with E-state index in [1.165, 1.54) is 21.3 Å². The van der Waals surface area contributed by atoms with Gasteiger partial charge in [-0.3, -0.25) is 0 Å². The van der Waals surface area contributed by atoms with E-state index in [0.717, 1.165) is 0 Å². The van der Waals surface area contributed by atoms with Gasteiger partial charge >= 0.3 is 25.8 Å². The Morgan fingerprint density at radius 1 is 0.625 bits per heavy atom. The van der Waals surface area contributed by atoms with Crippen molar-refractivity contribution in [1.82, 2.24) is 0 Å². The van der Waals surface area contributed by atoms with Crippen molar-refractivity contribution < 1.29 is 55.4 Å². The molecule has 7 heteroatoms. The van der Waals surface area contributed by atoms with Gasteiger partial charge in [-0.1, -0.05) is 0 Å². The van der Waals surface area contributed by atoms with Crippen LogP contribution in [0.3, 0.4) is 0 Å². The Balaban J connectivity index is -0.0000000655. The van der Waals surface area contributed by atoms with E-state index < -0.39 is 0 Å². The normalized spacial score (nSPS) is 7.88. The second kappa shape index (κ2) is 36.1. The minimum Gasteiger partial charge on any atom is -0.853 e. The zero-order valence-corrected chi connectivity index (χ0v) is 12.1. The van der Waals surface area contributed by atoms with Crippen LogP contribution in [0.1, 0.15) is 0 Å². The first-order chi connectivity index (χ1) is 7.24. The molecule has 0 spiro atoms. The molecule has 0 aromatic heterocycles. The Hall–Kier alpha value is 0.630. The molecule has 0 amide bonds. The smallest absolute Gasteiger partial charge is 0.853 e. The molecule has 0 aromatic rings. The standard InChI is InChI=1S/3C3H7O2.Sc/c3*1-5-3-2-4;/h3*2-3H2,1H3;/q3*-1;+3. The van der Waals surface area contributed by atoms with Crippen LogP contribution in [0, 0.1) is 0 Å². The summed E-state index contributed by atoms with van der Waals surface area (Å²) in [7, 11) is 4.54. The Morgan fingerprint density at radius 3 is 0.812 bits per heavy atom. The van der Waals surface area contributed by atoms with E-state index in [-0.39, 0.29) is 45.7 Å². The Labute approximate surface area is 116 Å². The molecular weight excluding hydrogens is 249 g/mol. The summed E-state index contributed by atoms with van der Waals surface area (Å²) in [5, 5.41) is 28.2. The molecule has 96 valence electrons. The predicted octanol–water partition coefficient (Wildman–Crippen LogP) is -3.02. The van der Waals surface area contributed by atoms with E-state index in [2.05, 4.69) is 14.2 Å². The Morgan fingerprint density at radius 2 is 0.812 bits per heavy atom. The first-order valence-electron chi connectivity index (χ1n) is 4.46. The average molecular weight is 270 g/mol. The van der Waals surface area contributed by atoms with Crippen LogP contribution in [0.4, 0.5) is 0 Å². The summed E-state index contributed by atoms with van der Waals surface area (Å²) in [6.07, 6.45) is 0. The van der Waals surface area contributed by atoms with Gasteiger partial charge < -0.3 is 29.5 Å². The molecule has 0 unspecified atom stereocenters. The van der Waals surface area contributed by atoms with Crippen molar-refractivity contribution in [2.24, 2.45) is 0 Å². The summed E-state index contributed by atoms with van der Waals surface area (Å²) in [6.45, 7) is 0.615. The minimum absolute atomic E-state index is 0. The van der Waals surface area contributed by atoms with Crippen LogP contribution in [0.25, 0.3) is 0 Å². The van der Waals surface area contributed by atoms with E-state index in [9.17, 15) is 15.3 Å². The summed E-state index contributed by atoms with van der Waals surface area (Å²) in [6, 6.07) is 0. The van der Waals surface area contributed by atoms with Crippen LogP contribution in [0.5, 0.6) is 0 Å². The van der Waals surface area contributed by atoms with Crippen LogP contribution < -0.4 is 15.3 Å². The Kier molecular flexibility index (Phi) is 57.4. The first kappa shape index (κ1) is 25.5. The third-order valence-electron chi connectivity index (χ3n) is 0.862. The SMILES string of the molecule is COCC[O-].COCC[O-].COCC[O-].[Sc+3]. The molecule has 0 N–H and O–H groups in total. The van der Waals surface area contributed by atoms with Crippen LogP contribution >= 0.6 is 0 Å². The van der Waals surface area contributed by atoms with Crippen molar-refractivity contribution in [3.05, 3.63) is 0 Å². The fourth-order valence-corrected chi connectivity index (χ4v) is 0.250. The molecule has 0 radical (unpaired) electrons. The molecule has 0 saturated heterocycles. The summed E-state index contributed by atoms with van der Waals surface area (Å²) in [5.41, 5.74) is 0. The molecular formula is C9H21O6Sc. The van der Waals surface area contributed by atoms with E-state index in [0.29, 0.717) is 19.8 Å². The fraction of sp³-hybridized carbons (Fsp3) is 1.00. The maximum Gasteiger partial charge on any atom is 3.00 e. The van der Waals surface area contributed by atoms with Crippen molar-refractivity contribution in [3.8, 4) is 0 Å². The van der Waals surface area contributed by atoms with Gasteiger partial charge in [0.25, 0.3) is 0 Å². The minimum atomic E-state index is -0.128. The molecule has 0 rings (SSSR count). The van der Waals surface area contributed by atoms with Gasteiger partial charge in [0, 0.05) is 41.2 Å². The number of ether oxygens (including phenoxy) is 3. The van der Waals surface area contributed by atoms with Gasteiger partial charge in [0.2, 0.25) is 0 Å². The molecule has 0 bridgehead atoms. The van der Waals surface area contributed by atoms with Crippen LogP contribution in [0.15, 0.2) is 0 Å². The molecule has 0 fully saturated rings. The first-order valence-corrected chi connectivity index (χ1v) is 4.46. The molecule has 0 heterocycles. The van der Waals surface area contributed by atoms with E-state index in [1.807, 2.05) is 0 Å². The van der Waals surface area contributed by atoms with Crippen molar-refractivity contribution in [3.63, 3.8) is 0 Å². The molecule has 0 aliphatic carbocycles. The number of hydrogen-bond donors (Lipinski definition) is 0. The Bertz CT molecular complexity index is 56.8. The second-order valence-corrected chi connectivity index (χ2v) is 2.09. The van der Waals surface area contributed by atoms with Crippen molar-refractivity contribution in [1.29, 1.82) is 0 Å². The third kappa shape index (κ3) is 61.8. The maximum absolute atomic E-state index is 9.40. The van der Waals surface area contributed by atoms with Crippen molar-refractivity contribution in [2.75, 3.05) is 61.0 Å². The zero-order chi connectivity index (χ0) is 12.4. The summed E-state index contributed by atoms with van der Waals surface area (Å²) >= 11 is 0. The quantitative estimate of drug-likeness (QED) is 0.509. The van der Waals surface area contributed by atoms with Gasteiger partial charge in [-0.15, -0.1) is 19.8 Å². The third-order valence-corrected chi connectivity index (χ3v) is 0.862. The fourth-order valence-electron chi connectivity index (χ4n) is 0.250. The molecule has 0 saturated carbocycles. The van der Waals surface area contributed by atoms with E-state index in [1.54, 1.807) is 0 Å². The van der Waals surface area contributed by atoms with Crippen molar-refractivity contribution in [2.45, 2.75) is 0 Å². The van der Waals surface area contributed by atoms with E-state index in [4.69, 9.17) is 0 Å². The molecule has 16 heavy (non-hydrogen) atoms. The molecule has 0 aliphatic rings. The van der Waals surface area contributed by atoms with Gasteiger partial charge in [-0.2, -0.15) is 0 Å². The maximum atomic E-state index is 9.40. The number of rotatable bonds is 6. The van der Waals surface area contributed by atoms with Gasteiger partial charge in [0.1, 0.15) is 0 Å². The molecule has 0 aliphatic heterocycles. The van der Waals surface area contributed by atoms with Crippen LogP contribution in [0.2, 0.25) is 0 Å². The van der Waals surface area contributed by atoms with Gasteiger partial charge in [0.15, 0.2) is 0 Å². The van der Waals surface area contributed by atoms with Gasteiger partial charge in [0.05, 0.1) is 0 Å². The monoisotopic (exact) mass is 270 g/mol. The average Bonchev–Trinajstić information content (AvgIpc) is 2.23. The predicted molar refractivity (Wildman–Crippen MR) is 50.2 cm³/mol. The second-order valence-electron chi connectivity index (χ2n) is 2.09. The zero-order valence-electron chi connectivity index (χ0n) is 10.3. The van der Waals surface area contributed by atoms with E-state index >= 15 is 0 Å². The van der Waals surface area contributed by atoms with Gasteiger partial charge in [-0.25, -0.2) is 0 Å². The topological polar surface area (TPSA) is 96.9 Å². The van der Waals surface area contributed by atoms with Gasteiger partial charge in [-0.05, 0) is 0 Å².